The lowest BCUT2D eigenvalue weighted by molar-refractivity contribution is 0.459. The van der Waals surface area contributed by atoms with Gasteiger partial charge in [-0.2, -0.15) is 0 Å². The van der Waals surface area contributed by atoms with Gasteiger partial charge in [0.2, 0.25) is 5.95 Å². The van der Waals surface area contributed by atoms with Crippen LogP contribution in [-0.2, 0) is 6.54 Å². The average Bonchev–Trinajstić information content (AvgIpc) is 2.82. The van der Waals surface area contributed by atoms with Crippen LogP contribution in [-0.4, -0.2) is 15.6 Å². The van der Waals surface area contributed by atoms with Crippen LogP contribution in [0.4, 0.5) is 5.95 Å². The minimum absolute atomic E-state index is 0.582. The third kappa shape index (κ3) is 3.67. The average molecular weight is 348 g/mol. The van der Waals surface area contributed by atoms with Crippen LogP contribution < -0.4 is 5.32 Å². The fourth-order valence-electron chi connectivity index (χ4n) is 3.02. The summed E-state index contributed by atoms with van der Waals surface area (Å²) < 4.78 is 3.38. The molecule has 1 aliphatic rings. The first-order valence-corrected chi connectivity index (χ1v) is 8.55. The summed E-state index contributed by atoms with van der Waals surface area (Å²) in [5, 5.41) is 3.65. The van der Waals surface area contributed by atoms with E-state index in [9.17, 15) is 0 Å². The molecular formula is C17H22BrN3. The molecule has 1 fully saturated rings. The number of benzene rings is 1. The minimum Gasteiger partial charge on any atom is -0.353 e. The number of aryl methyl sites for hydroxylation is 1. The Kier molecular flexibility index (Phi) is 4.63. The Balaban J connectivity index is 1.77. The largest absolute Gasteiger partial charge is 0.353 e. The van der Waals surface area contributed by atoms with E-state index >= 15 is 0 Å². The summed E-state index contributed by atoms with van der Waals surface area (Å²) >= 11 is 3.63. The summed E-state index contributed by atoms with van der Waals surface area (Å²) in [5.41, 5.74) is 2.35. The van der Waals surface area contributed by atoms with Crippen LogP contribution in [0.1, 0.15) is 43.4 Å². The summed E-state index contributed by atoms with van der Waals surface area (Å²) in [6.07, 6.45) is 8.71. The maximum Gasteiger partial charge on any atom is 0.203 e. The van der Waals surface area contributed by atoms with Crippen molar-refractivity contribution in [3.05, 3.63) is 46.2 Å². The SMILES string of the molecule is Cc1cn(Cc2ccccc2Br)c(NC2CCCCC2)n1. The van der Waals surface area contributed by atoms with Crippen LogP contribution in [0.5, 0.6) is 0 Å². The molecule has 3 rings (SSSR count). The number of rotatable bonds is 4. The van der Waals surface area contributed by atoms with Gasteiger partial charge in [-0.15, -0.1) is 0 Å². The lowest BCUT2D eigenvalue weighted by Gasteiger charge is -2.23. The molecule has 0 amide bonds. The predicted molar refractivity (Wildman–Crippen MR) is 90.7 cm³/mol. The van der Waals surface area contributed by atoms with Gasteiger partial charge >= 0.3 is 0 Å². The second kappa shape index (κ2) is 6.65. The standard InChI is InChI=1S/C17H22BrN3/c1-13-11-21(12-14-7-5-6-10-16(14)18)17(19-13)20-15-8-3-2-4-9-15/h5-7,10-11,15H,2-4,8-9,12H2,1H3,(H,19,20). The Morgan fingerprint density at radius 2 is 2.00 bits per heavy atom. The van der Waals surface area contributed by atoms with Crippen molar-refractivity contribution < 1.29 is 0 Å². The molecule has 1 aliphatic carbocycles. The van der Waals surface area contributed by atoms with Crippen LogP contribution in [0.25, 0.3) is 0 Å². The fourth-order valence-corrected chi connectivity index (χ4v) is 3.43. The van der Waals surface area contributed by atoms with Crippen LogP contribution >= 0.6 is 15.9 Å². The van der Waals surface area contributed by atoms with Gasteiger partial charge in [0.25, 0.3) is 0 Å². The minimum atomic E-state index is 0.582. The molecule has 0 radical (unpaired) electrons. The van der Waals surface area contributed by atoms with E-state index in [1.165, 1.54) is 37.7 Å². The molecule has 0 bridgehead atoms. The first-order valence-electron chi connectivity index (χ1n) is 7.76. The van der Waals surface area contributed by atoms with Gasteiger partial charge in [0.15, 0.2) is 0 Å². The van der Waals surface area contributed by atoms with Crippen molar-refractivity contribution in [2.75, 3.05) is 5.32 Å². The van der Waals surface area contributed by atoms with Gasteiger partial charge in [-0.1, -0.05) is 53.4 Å². The molecule has 21 heavy (non-hydrogen) atoms. The van der Waals surface area contributed by atoms with Gasteiger partial charge in [0, 0.05) is 16.7 Å². The van der Waals surface area contributed by atoms with Crippen molar-refractivity contribution in [1.82, 2.24) is 9.55 Å². The number of halogens is 1. The van der Waals surface area contributed by atoms with Crippen molar-refractivity contribution in [3.8, 4) is 0 Å². The zero-order chi connectivity index (χ0) is 14.7. The number of aromatic nitrogens is 2. The monoisotopic (exact) mass is 347 g/mol. The zero-order valence-electron chi connectivity index (χ0n) is 12.5. The molecule has 0 spiro atoms. The highest BCUT2D eigenvalue weighted by atomic mass is 79.9. The molecule has 0 unspecified atom stereocenters. The summed E-state index contributed by atoms with van der Waals surface area (Å²) in [5.74, 6) is 1.01. The number of nitrogens with one attached hydrogen (secondary N) is 1. The quantitative estimate of drug-likeness (QED) is 0.864. The van der Waals surface area contributed by atoms with Gasteiger partial charge < -0.3 is 9.88 Å². The van der Waals surface area contributed by atoms with Gasteiger partial charge in [0.05, 0.1) is 12.2 Å². The first-order chi connectivity index (χ1) is 10.2. The molecule has 0 aliphatic heterocycles. The van der Waals surface area contributed by atoms with Crippen molar-refractivity contribution >= 4 is 21.9 Å². The molecule has 1 saturated carbocycles. The topological polar surface area (TPSA) is 29.9 Å². The molecule has 0 atom stereocenters. The highest BCUT2D eigenvalue weighted by Gasteiger charge is 2.16. The summed E-state index contributed by atoms with van der Waals surface area (Å²) in [4.78, 5) is 4.67. The Morgan fingerprint density at radius 1 is 1.24 bits per heavy atom. The van der Waals surface area contributed by atoms with Crippen LogP contribution in [0, 0.1) is 6.92 Å². The molecule has 112 valence electrons. The van der Waals surface area contributed by atoms with E-state index in [2.05, 4.69) is 62.1 Å². The Morgan fingerprint density at radius 3 is 2.76 bits per heavy atom. The molecule has 0 saturated heterocycles. The normalized spacial score (nSPS) is 16.1. The van der Waals surface area contributed by atoms with Crippen LogP contribution in [0.3, 0.4) is 0 Å². The third-order valence-corrected chi connectivity index (χ3v) is 4.91. The molecule has 1 heterocycles. The Labute approximate surface area is 134 Å². The lowest BCUT2D eigenvalue weighted by Crippen LogP contribution is -2.24. The Bertz CT molecular complexity index is 600. The van der Waals surface area contributed by atoms with E-state index < -0.39 is 0 Å². The molecule has 1 N–H and O–H groups in total. The fraction of sp³-hybridized carbons (Fsp3) is 0.471. The maximum atomic E-state index is 4.67. The number of hydrogen-bond donors (Lipinski definition) is 1. The number of hydrogen-bond acceptors (Lipinski definition) is 2. The van der Waals surface area contributed by atoms with E-state index in [0.717, 1.165) is 22.7 Å². The van der Waals surface area contributed by atoms with E-state index in [1.807, 2.05) is 6.07 Å². The molecule has 3 nitrogen and oxygen atoms in total. The summed E-state index contributed by atoms with van der Waals surface area (Å²) in [7, 11) is 0. The van der Waals surface area contributed by atoms with Gasteiger partial charge in [-0.05, 0) is 31.4 Å². The third-order valence-electron chi connectivity index (χ3n) is 4.13. The summed E-state index contributed by atoms with van der Waals surface area (Å²) in [6, 6.07) is 8.96. The summed E-state index contributed by atoms with van der Waals surface area (Å²) in [6.45, 7) is 2.90. The second-order valence-corrected chi connectivity index (χ2v) is 6.76. The molecule has 2 aromatic rings. The van der Waals surface area contributed by atoms with E-state index in [0.29, 0.717) is 6.04 Å². The van der Waals surface area contributed by atoms with E-state index in [4.69, 9.17) is 0 Å². The second-order valence-electron chi connectivity index (χ2n) is 5.90. The predicted octanol–water partition coefficient (Wildman–Crippen LogP) is 4.75. The Hall–Kier alpha value is -1.29. The van der Waals surface area contributed by atoms with Gasteiger partial charge in [0.1, 0.15) is 0 Å². The zero-order valence-corrected chi connectivity index (χ0v) is 14.1. The van der Waals surface area contributed by atoms with Gasteiger partial charge in [-0.25, -0.2) is 4.98 Å². The van der Waals surface area contributed by atoms with E-state index in [1.54, 1.807) is 0 Å². The van der Waals surface area contributed by atoms with Crippen molar-refractivity contribution in [2.45, 2.75) is 51.6 Å². The number of anilines is 1. The first kappa shape index (κ1) is 14.6. The van der Waals surface area contributed by atoms with Crippen molar-refractivity contribution in [1.29, 1.82) is 0 Å². The van der Waals surface area contributed by atoms with Crippen molar-refractivity contribution in [2.24, 2.45) is 0 Å². The highest BCUT2D eigenvalue weighted by Crippen LogP contribution is 2.23. The smallest absolute Gasteiger partial charge is 0.203 e. The molecular weight excluding hydrogens is 326 g/mol. The molecule has 4 heteroatoms. The van der Waals surface area contributed by atoms with Crippen LogP contribution in [0.15, 0.2) is 34.9 Å². The van der Waals surface area contributed by atoms with Crippen LogP contribution in [0.2, 0.25) is 0 Å². The molecule has 1 aromatic heterocycles. The maximum absolute atomic E-state index is 4.67. The van der Waals surface area contributed by atoms with Gasteiger partial charge in [-0.3, -0.25) is 0 Å². The molecule has 1 aromatic carbocycles. The van der Waals surface area contributed by atoms with Crippen molar-refractivity contribution in [3.63, 3.8) is 0 Å². The lowest BCUT2D eigenvalue weighted by atomic mass is 9.96. The number of imidazole rings is 1. The van der Waals surface area contributed by atoms with E-state index in [-0.39, 0.29) is 0 Å². The highest BCUT2D eigenvalue weighted by molar-refractivity contribution is 9.10. The number of nitrogens with zero attached hydrogens (tertiary/aromatic N) is 2.